The van der Waals surface area contributed by atoms with Gasteiger partial charge in [-0.2, -0.15) is 0 Å². The highest BCUT2D eigenvalue weighted by atomic mass is 16.6. The van der Waals surface area contributed by atoms with E-state index in [-0.39, 0.29) is 11.5 Å². The predicted octanol–water partition coefficient (Wildman–Crippen LogP) is 4.49. The minimum absolute atomic E-state index is 0.105. The minimum atomic E-state index is -1.08. The molecule has 10 nitrogen and oxygen atoms in total. The van der Waals surface area contributed by atoms with Crippen LogP contribution in [-0.4, -0.2) is 76.6 Å². The zero-order valence-electron chi connectivity index (χ0n) is 26.3. The molecule has 1 aliphatic heterocycles. The van der Waals surface area contributed by atoms with Crippen molar-refractivity contribution >= 4 is 27.9 Å². The lowest BCUT2D eigenvalue weighted by molar-refractivity contribution is -0.0619. The lowest BCUT2D eigenvalue weighted by Gasteiger charge is -2.46. The number of nitrogens with one attached hydrogen (secondary N) is 1. The van der Waals surface area contributed by atoms with Crippen molar-refractivity contribution in [1.82, 2.24) is 29.4 Å². The van der Waals surface area contributed by atoms with Gasteiger partial charge in [-0.15, -0.1) is 0 Å². The van der Waals surface area contributed by atoms with Gasteiger partial charge in [-0.1, -0.05) is 33.8 Å². The van der Waals surface area contributed by atoms with E-state index in [0.29, 0.717) is 30.0 Å². The van der Waals surface area contributed by atoms with Crippen molar-refractivity contribution < 1.29 is 14.9 Å². The molecule has 4 aromatic rings. The van der Waals surface area contributed by atoms with E-state index >= 15 is 0 Å². The maximum absolute atomic E-state index is 11.1. The number of nitrogens with zero attached hydrogens (tertiary/aromatic N) is 5. The third-order valence-corrected chi connectivity index (χ3v) is 9.63. The second kappa shape index (κ2) is 11.5. The second-order valence-corrected chi connectivity index (χ2v) is 13.9. The Labute approximate surface area is 253 Å². The smallest absolute Gasteiger partial charge is 0.164 e. The molecule has 3 aromatic heterocycles. The van der Waals surface area contributed by atoms with Crippen LogP contribution in [0.25, 0.3) is 22.1 Å². The van der Waals surface area contributed by atoms with Gasteiger partial charge in [0, 0.05) is 31.2 Å². The first-order valence-corrected chi connectivity index (χ1v) is 15.8. The summed E-state index contributed by atoms with van der Waals surface area (Å²) in [7, 11) is 0. The SMILES string of the molecule is CCc1cn([C@@H]2O[C@H](CN(C(C)C)C3CC(CCc4nc5cc(C(C)(C)C)ccc5[nH]4)C3)[C@@H](O)[C@H]2O)c2ncnc(N)c12. The number of H-pyrrole nitrogens is 1. The van der Waals surface area contributed by atoms with Gasteiger partial charge in [0.15, 0.2) is 6.23 Å². The Balaban J connectivity index is 1.07. The number of nitrogens with two attached hydrogens (primary N) is 1. The first-order chi connectivity index (χ1) is 20.4. The highest BCUT2D eigenvalue weighted by Gasteiger charge is 2.46. The molecule has 4 atom stereocenters. The highest BCUT2D eigenvalue weighted by Crippen LogP contribution is 2.39. The number of aliphatic hydroxyl groups excluding tert-OH is 2. The quantitative estimate of drug-likeness (QED) is 0.224. The van der Waals surface area contributed by atoms with Crippen molar-refractivity contribution in [2.24, 2.45) is 5.92 Å². The Morgan fingerprint density at radius 3 is 2.63 bits per heavy atom. The lowest BCUT2D eigenvalue weighted by Crippen LogP contribution is -2.52. The van der Waals surface area contributed by atoms with Crippen LogP contribution in [0, 0.1) is 5.92 Å². The number of hydrogen-bond donors (Lipinski definition) is 4. The van der Waals surface area contributed by atoms with Gasteiger partial charge in [-0.3, -0.25) is 4.90 Å². The Morgan fingerprint density at radius 1 is 1.16 bits per heavy atom. The summed E-state index contributed by atoms with van der Waals surface area (Å²) in [5, 5.41) is 22.9. The van der Waals surface area contributed by atoms with Gasteiger partial charge >= 0.3 is 0 Å². The van der Waals surface area contributed by atoms with Gasteiger partial charge < -0.3 is 30.2 Å². The Bertz CT molecular complexity index is 1580. The zero-order valence-corrected chi connectivity index (χ0v) is 26.3. The molecule has 43 heavy (non-hydrogen) atoms. The van der Waals surface area contributed by atoms with Gasteiger partial charge in [0.1, 0.15) is 41.9 Å². The molecule has 0 spiro atoms. The second-order valence-electron chi connectivity index (χ2n) is 13.9. The first kappa shape index (κ1) is 30.0. The average molecular weight is 590 g/mol. The van der Waals surface area contributed by atoms with Gasteiger partial charge in [-0.05, 0) is 74.1 Å². The molecule has 6 rings (SSSR count). The summed E-state index contributed by atoms with van der Waals surface area (Å²) in [6, 6.07) is 7.27. The van der Waals surface area contributed by atoms with E-state index in [1.807, 2.05) is 13.1 Å². The molecule has 0 amide bonds. The summed E-state index contributed by atoms with van der Waals surface area (Å²) < 4.78 is 8.18. The number of benzene rings is 1. The largest absolute Gasteiger partial charge is 0.387 e. The summed E-state index contributed by atoms with van der Waals surface area (Å²) in [5.74, 6) is 2.11. The van der Waals surface area contributed by atoms with Crippen molar-refractivity contribution in [2.75, 3.05) is 12.3 Å². The molecule has 2 fully saturated rings. The van der Waals surface area contributed by atoms with Crippen LogP contribution in [0.4, 0.5) is 5.82 Å². The first-order valence-electron chi connectivity index (χ1n) is 15.8. The molecular weight excluding hydrogens is 542 g/mol. The molecule has 1 saturated carbocycles. The molecule has 1 aromatic carbocycles. The number of imidazole rings is 1. The van der Waals surface area contributed by atoms with Crippen LogP contribution in [0.3, 0.4) is 0 Å². The fourth-order valence-corrected chi connectivity index (χ4v) is 6.94. The van der Waals surface area contributed by atoms with Crippen LogP contribution < -0.4 is 5.73 Å². The summed E-state index contributed by atoms with van der Waals surface area (Å²) in [6.45, 7) is 13.7. The molecule has 10 heteroatoms. The number of aliphatic hydroxyl groups is 2. The van der Waals surface area contributed by atoms with Crippen molar-refractivity contribution in [3.8, 4) is 0 Å². The average Bonchev–Trinajstić information content (AvgIpc) is 3.60. The molecule has 1 saturated heterocycles. The minimum Gasteiger partial charge on any atom is -0.387 e. The number of nitrogen functional groups attached to an aromatic ring is 1. The van der Waals surface area contributed by atoms with Gasteiger partial charge in [0.2, 0.25) is 0 Å². The lowest BCUT2D eigenvalue weighted by atomic mass is 9.76. The van der Waals surface area contributed by atoms with Gasteiger partial charge in [-0.25, -0.2) is 15.0 Å². The molecule has 2 aliphatic rings. The number of ether oxygens (including phenoxy) is 1. The molecule has 4 heterocycles. The van der Waals surface area contributed by atoms with Crippen LogP contribution in [0.15, 0.2) is 30.7 Å². The molecule has 5 N–H and O–H groups in total. The molecule has 0 unspecified atom stereocenters. The van der Waals surface area contributed by atoms with E-state index in [1.54, 1.807) is 4.57 Å². The number of aromatic amines is 1. The molecular formula is C33H47N7O3. The number of aryl methyl sites for hydroxylation is 2. The molecule has 1 aliphatic carbocycles. The topological polar surface area (TPSA) is 138 Å². The standard InChI is InChI=1S/C33H47N7O3/c1-7-20-15-40(31-27(20)30(34)35-17-36-31)32-29(42)28(41)25(43-32)16-39(18(2)3)22-12-19(13-22)8-11-26-37-23-10-9-21(33(4,5)6)14-24(23)38-26/h9-10,14-15,17-19,22,25,28-29,32,41-42H,7-8,11-13,16H2,1-6H3,(H,37,38)(H2,34,35,36)/t19?,22?,25-,28-,29-,32-/m1/s1. The third-order valence-electron chi connectivity index (χ3n) is 9.63. The van der Waals surface area contributed by atoms with E-state index in [1.165, 1.54) is 11.9 Å². The van der Waals surface area contributed by atoms with Crippen molar-refractivity contribution in [2.45, 2.75) is 116 Å². The maximum Gasteiger partial charge on any atom is 0.164 e. The summed E-state index contributed by atoms with van der Waals surface area (Å²) >= 11 is 0. The summed E-state index contributed by atoms with van der Waals surface area (Å²) in [5.41, 5.74) is 11.3. The zero-order chi connectivity index (χ0) is 30.6. The van der Waals surface area contributed by atoms with Crippen LogP contribution >= 0.6 is 0 Å². The highest BCUT2D eigenvalue weighted by molar-refractivity contribution is 5.89. The predicted molar refractivity (Wildman–Crippen MR) is 169 cm³/mol. The summed E-state index contributed by atoms with van der Waals surface area (Å²) in [6.07, 6.45) is 5.00. The number of anilines is 1. The van der Waals surface area contributed by atoms with Crippen molar-refractivity contribution in [3.63, 3.8) is 0 Å². The fraction of sp³-hybridized carbons (Fsp3) is 0.606. The monoisotopic (exact) mass is 589 g/mol. The van der Waals surface area contributed by atoms with E-state index in [2.05, 4.69) is 72.7 Å². The van der Waals surface area contributed by atoms with E-state index < -0.39 is 24.5 Å². The maximum atomic E-state index is 11.1. The molecule has 0 bridgehead atoms. The Morgan fingerprint density at radius 2 is 1.93 bits per heavy atom. The van der Waals surface area contributed by atoms with Crippen LogP contribution in [0.1, 0.15) is 84.0 Å². The Hall–Kier alpha value is -3.05. The van der Waals surface area contributed by atoms with Gasteiger partial charge in [0.25, 0.3) is 0 Å². The molecule has 232 valence electrons. The van der Waals surface area contributed by atoms with Crippen molar-refractivity contribution in [3.05, 3.63) is 47.7 Å². The van der Waals surface area contributed by atoms with E-state index in [9.17, 15) is 10.2 Å². The number of rotatable bonds is 9. The van der Waals surface area contributed by atoms with Crippen LogP contribution in [0.2, 0.25) is 0 Å². The number of hydrogen-bond acceptors (Lipinski definition) is 8. The number of aromatic nitrogens is 5. The fourth-order valence-electron chi connectivity index (χ4n) is 6.94. The van der Waals surface area contributed by atoms with Crippen LogP contribution in [0.5, 0.6) is 0 Å². The number of fused-ring (bicyclic) bond motifs is 2. The third kappa shape index (κ3) is 5.66. The van der Waals surface area contributed by atoms with Crippen LogP contribution in [-0.2, 0) is 23.0 Å². The normalized spacial score (nSPS) is 26.3. The van der Waals surface area contributed by atoms with Gasteiger partial charge in [0.05, 0.1) is 16.4 Å². The van der Waals surface area contributed by atoms with Crippen molar-refractivity contribution in [1.29, 1.82) is 0 Å². The molecule has 0 radical (unpaired) electrons. The summed E-state index contributed by atoms with van der Waals surface area (Å²) in [4.78, 5) is 19.4. The Kier molecular flexibility index (Phi) is 8.00. The van der Waals surface area contributed by atoms with E-state index in [4.69, 9.17) is 15.5 Å². The van der Waals surface area contributed by atoms with E-state index in [0.717, 1.165) is 59.9 Å².